The van der Waals surface area contributed by atoms with Gasteiger partial charge in [0, 0.05) is 31.2 Å². The first-order valence-electron chi connectivity index (χ1n) is 7.34. The summed E-state index contributed by atoms with van der Waals surface area (Å²) >= 11 is 18.1. The lowest BCUT2D eigenvalue weighted by molar-refractivity contribution is 0.385. The van der Waals surface area contributed by atoms with E-state index in [1.807, 2.05) is 24.3 Å². The molecule has 128 valence electrons. The van der Waals surface area contributed by atoms with E-state index in [2.05, 4.69) is 4.90 Å². The third-order valence-electron chi connectivity index (χ3n) is 3.94. The van der Waals surface area contributed by atoms with Gasteiger partial charge in [0.25, 0.3) is 0 Å². The van der Waals surface area contributed by atoms with E-state index in [4.69, 9.17) is 34.8 Å². The number of para-hydroxylation sites is 1. The summed E-state index contributed by atoms with van der Waals surface area (Å²) < 4.78 is 27.0. The molecule has 0 aromatic heterocycles. The van der Waals surface area contributed by atoms with Gasteiger partial charge in [-0.1, -0.05) is 46.9 Å². The van der Waals surface area contributed by atoms with Crippen LogP contribution in [0.2, 0.25) is 15.1 Å². The number of sulfonamides is 1. The number of anilines is 1. The van der Waals surface area contributed by atoms with E-state index in [0.29, 0.717) is 36.2 Å². The molecule has 3 rings (SSSR count). The molecule has 0 unspecified atom stereocenters. The molecule has 1 saturated heterocycles. The van der Waals surface area contributed by atoms with Gasteiger partial charge in [-0.2, -0.15) is 4.31 Å². The monoisotopic (exact) mass is 404 g/mol. The standard InChI is InChI=1S/C16H15Cl3N2O2S/c17-12-5-6-16(14(19)11-12)24(22,23)21-9-7-20(8-10-21)15-4-2-1-3-13(15)18/h1-6,11H,7-10H2. The van der Waals surface area contributed by atoms with Gasteiger partial charge in [0.2, 0.25) is 10.0 Å². The number of benzene rings is 2. The van der Waals surface area contributed by atoms with Crippen LogP contribution in [0.25, 0.3) is 0 Å². The van der Waals surface area contributed by atoms with Crippen molar-refractivity contribution < 1.29 is 8.42 Å². The number of nitrogens with zero attached hydrogens (tertiary/aromatic N) is 2. The molecular weight excluding hydrogens is 391 g/mol. The van der Waals surface area contributed by atoms with Gasteiger partial charge < -0.3 is 4.90 Å². The van der Waals surface area contributed by atoms with Crippen molar-refractivity contribution in [3.05, 3.63) is 57.5 Å². The fourth-order valence-corrected chi connectivity index (χ4v) is 5.12. The molecular formula is C16H15Cl3N2O2S. The molecule has 0 radical (unpaired) electrons. The van der Waals surface area contributed by atoms with Crippen LogP contribution in [-0.4, -0.2) is 38.9 Å². The maximum absolute atomic E-state index is 12.8. The Morgan fingerprint density at radius 1 is 0.833 bits per heavy atom. The first kappa shape index (κ1) is 17.8. The molecule has 2 aromatic carbocycles. The van der Waals surface area contributed by atoms with Gasteiger partial charge in [0.1, 0.15) is 4.90 Å². The Labute approximate surface area is 156 Å². The topological polar surface area (TPSA) is 40.6 Å². The molecule has 1 aliphatic heterocycles. The zero-order valence-corrected chi connectivity index (χ0v) is 15.7. The number of piperazine rings is 1. The van der Waals surface area contributed by atoms with Crippen molar-refractivity contribution in [1.29, 1.82) is 0 Å². The summed E-state index contributed by atoms with van der Waals surface area (Å²) in [5.41, 5.74) is 0.917. The third-order valence-corrected chi connectivity index (χ3v) is 6.88. The minimum Gasteiger partial charge on any atom is -0.368 e. The zero-order chi connectivity index (χ0) is 17.3. The van der Waals surface area contributed by atoms with Crippen LogP contribution in [0, 0.1) is 0 Å². The van der Waals surface area contributed by atoms with E-state index in [-0.39, 0.29) is 9.92 Å². The van der Waals surface area contributed by atoms with E-state index >= 15 is 0 Å². The van der Waals surface area contributed by atoms with Gasteiger partial charge in [-0.05, 0) is 30.3 Å². The minimum absolute atomic E-state index is 0.0831. The molecule has 1 fully saturated rings. The van der Waals surface area contributed by atoms with Gasteiger partial charge in [-0.3, -0.25) is 0 Å². The lowest BCUT2D eigenvalue weighted by atomic mass is 10.2. The van der Waals surface area contributed by atoms with Gasteiger partial charge in [0.15, 0.2) is 0 Å². The second kappa shape index (κ2) is 7.10. The average molecular weight is 406 g/mol. The summed E-state index contributed by atoms with van der Waals surface area (Å²) in [6.07, 6.45) is 0. The van der Waals surface area contributed by atoms with E-state index in [1.54, 1.807) is 0 Å². The molecule has 0 atom stereocenters. The van der Waals surface area contributed by atoms with Crippen LogP contribution < -0.4 is 4.90 Å². The van der Waals surface area contributed by atoms with Crippen LogP contribution in [0.3, 0.4) is 0 Å². The normalized spacial score (nSPS) is 16.4. The molecule has 8 heteroatoms. The fourth-order valence-electron chi connectivity index (χ4n) is 2.70. The van der Waals surface area contributed by atoms with Crippen molar-refractivity contribution in [1.82, 2.24) is 4.31 Å². The molecule has 0 amide bonds. The Morgan fingerprint density at radius 3 is 2.12 bits per heavy atom. The van der Waals surface area contributed by atoms with E-state index in [9.17, 15) is 8.42 Å². The Kier molecular flexibility index (Phi) is 5.27. The van der Waals surface area contributed by atoms with Crippen molar-refractivity contribution in [2.75, 3.05) is 31.1 Å². The Balaban J connectivity index is 1.78. The summed E-state index contributed by atoms with van der Waals surface area (Å²) in [4.78, 5) is 2.16. The highest BCUT2D eigenvalue weighted by molar-refractivity contribution is 7.89. The molecule has 1 aliphatic rings. The van der Waals surface area contributed by atoms with Crippen molar-refractivity contribution in [3.63, 3.8) is 0 Å². The molecule has 0 saturated carbocycles. The number of halogens is 3. The summed E-state index contributed by atoms with van der Waals surface area (Å²) in [7, 11) is -3.64. The van der Waals surface area contributed by atoms with Crippen LogP contribution >= 0.6 is 34.8 Å². The predicted molar refractivity (Wildman–Crippen MR) is 98.9 cm³/mol. The first-order valence-corrected chi connectivity index (χ1v) is 9.91. The number of hydrogen-bond acceptors (Lipinski definition) is 3. The van der Waals surface area contributed by atoms with Crippen molar-refractivity contribution in [3.8, 4) is 0 Å². The molecule has 0 N–H and O–H groups in total. The summed E-state index contributed by atoms with van der Waals surface area (Å²) in [5.74, 6) is 0. The van der Waals surface area contributed by atoms with Crippen LogP contribution in [0.4, 0.5) is 5.69 Å². The quantitative estimate of drug-likeness (QED) is 0.770. The van der Waals surface area contributed by atoms with E-state index in [1.165, 1.54) is 22.5 Å². The smallest absolute Gasteiger partial charge is 0.244 e. The molecule has 1 heterocycles. The lowest BCUT2D eigenvalue weighted by Crippen LogP contribution is -2.48. The largest absolute Gasteiger partial charge is 0.368 e. The predicted octanol–water partition coefficient (Wildman–Crippen LogP) is 4.16. The number of rotatable bonds is 3. The second-order valence-corrected chi connectivity index (χ2v) is 8.57. The second-order valence-electron chi connectivity index (χ2n) is 5.42. The van der Waals surface area contributed by atoms with Gasteiger partial charge in [-0.15, -0.1) is 0 Å². The molecule has 0 bridgehead atoms. The molecule has 24 heavy (non-hydrogen) atoms. The lowest BCUT2D eigenvalue weighted by Gasteiger charge is -2.35. The maximum Gasteiger partial charge on any atom is 0.244 e. The summed E-state index contributed by atoms with van der Waals surface area (Å²) in [5, 5.41) is 1.20. The highest BCUT2D eigenvalue weighted by Gasteiger charge is 2.30. The van der Waals surface area contributed by atoms with Gasteiger partial charge in [0.05, 0.1) is 15.7 Å². The Hall–Kier alpha value is -0.980. The first-order chi connectivity index (χ1) is 11.4. The highest BCUT2D eigenvalue weighted by Crippen LogP contribution is 2.30. The van der Waals surface area contributed by atoms with Crippen molar-refractivity contribution in [2.45, 2.75) is 4.90 Å². The molecule has 4 nitrogen and oxygen atoms in total. The van der Waals surface area contributed by atoms with Crippen molar-refractivity contribution in [2.24, 2.45) is 0 Å². The number of hydrogen-bond donors (Lipinski definition) is 0. The van der Waals surface area contributed by atoms with E-state index < -0.39 is 10.0 Å². The SMILES string of the molecule is O=S(=O)(c1ccc(Cl)cc1Cl)N1CCN(c2ccccc2Cl)CC1. The summed E-state index contributed by atoms with van der Waals surface area (Å²) in [6.45, 7) is 1.86. The maximum atomic E-state index is 12.8. The molecule has 0 aliphatic carbocycles. The van der Waals surface area contributed by atoms with Crippen LogP contribution in [0.1, 0.15) is 0 Å². The van der Waals surface area contributed by atoms with E-state index in [0.717, 1.165) is 5.69 Å². The van der Waals surface area contributed by atoms with Crippen molar-refractivity contribution >= 4 is 50.5 Å². The third kappa shape index (κ3) is 3.51. The zero-order valence-electron chi connectivity index (χ0n) is 12.6. The molecule has 2 aromatic rings. The van der Waals surface area contributed by atoms with Crippen LogP contribution in [0.5, 0.6) is 0 Å². The van der Waals surface area contributed by atoms with Gasteiger partial charge >= 0.3 is 0 Å². The average Bonchev–Trinajstić information content (AvgIpc) is 2.55. The Bertz CT molecular complexity index is 850. The highest BCUT2D eigenvalue weighted by atomic mass is 35.5. The van der Waals surface area contributed by atoms with Crippen LogP contribution in [-0.2, 0) is 10.0 Å². The minimum atomic E-state index is -3.64. The Morgan fingerprint density at radius 2 is 1.50 bits per heavy atom. The van der Waals surface area contributed by atoms with Crippen LogP contribution in [0.15, 0.2) is 47.4 Å². The summed E-state index contributed by atoms with van der Waals surface area (Å²) in [6, 6.07) is 12.0. The molecule has 0 spiro atoms. The fraction of sp³-hybridized carbons (Fsp3) is 0.250. The van der Waals surface area contributed by atoms with Gasteiger partial charge in [-0.25, -0.2) is 8.42 Å².